The Bertz CT molecular complexity index is 2780. The standard InChI is InChI=1S/C42H24N4OS/c1-3-12-25(13-4-1)40-44-41(26-14-5-2-6-15-26)46-42(45-40)37-36-32-22-27-16-7-8-17-28(27)23-34(32)47-38(36)33(24-43-37)31-20-11-19-30-29-18-9-10-21-35(29)48-39(30)31/h1-24H. The third kappa shape index (κ3) is 4.24. The minimum atomic E-state index is 0.496. The number of hydrogen-bond donors (Lipinski definition) is 0. The zero-order valence-corrected chi connectivity index (χ0v) is 26.3. The van der Waals surface area contributed by atoms with Gasteiger partial charge in [-0.05, 0) is 29.0 Å². The molecule has 0 saturated carbocycles. The second-order valence-electron chi connectivity index (χ2n) is 11.8. The van der Waals surface area contributed by atoms with Crippen molar-refractivity contribution in [2.24, 2.45) is 0 Å². The van der Waals surface area contributed by atoms with Crippen LogP contribution in [-0.2, 0) is 0 Å². The summed E-state index contributed by atoms with van der Waals surface area (Å²) in [5.74, 6) is 1.67. The van der Waals surface area contributed by atoms with Gasteiger partial charge in [0.2, 0.25) is 0 Å². The predicted octanol–water partition coefficient (Wildman–Crippen LogP) is 11.4. The van der Waals surface area contributed by atoms with Crippen LogP contribution in [0.4, 0.5) is 0 Å². The minimum Gasteiger partial charge on any atom is -0.455 e. The van der Waals surface area contributed by atoms with Crippen LogP contribution in [-0.4, -0.2) is 19.9 Å². The number of nitrogens with zero attached hydrogens (tertiary/aromatic N) is 4. The van der Waals surface area contributed by atoms with Crippen LogP contribution in [0.3, 0.4) is 0 Å². The van der Waals surface area contributed by atoms with Crippen molar-refractivity contribution in [2.45, 2.75) is 0 Å². The molecular weight excluding hydrogens is 609 g/mol. The fraction of sp³-hybridized carbons (Fsp3) is 0. The normalized spacial score (nSPS) is 11.8. The first-order valence-electron chi connectivity index (χ1n) is 15.8. The fourth-order valence-corrected chi connectivity index (χ4v) is 7.93. The van der Waals surface area contributed by atoms with E-state index in [2.05, 4.69) is 78.9 Å². The van der Waals surface area contributed by atoms with Crippen LogP contribution in [0.25, 0.3) is 98.3 Å². The van der Waals surface area contributed by atoms with E-state index >= 15 is 0 Å². The molecule has 0 aliphatic carbocycles. The topological polar surface area (TPSA) is 64.7 Å². The molecule has 6 aromatic carbocycles. The predicted molar refractivity (Wildman–Crippen MR) is 197 cm³/mol. The molecule has 10 aromatic rings. The number of hydrogen-bond acceptors (Lipinski definition) is 6. The van der Waals surface area contributed by atoms with Crippen molar-refractivity contribution >= 4 is 64.2 Å². The molecule has 0 radical (unpaired) electrons. The highest BCUT2D eigenvalue weighted by molar-refractivity contribution is 7.26. The van der Waals surface area contributed by atoms with Gasteiger partial charge in [-0.1, -0.05) is 121 Å². The Kier molecular flexibility index (Phi) is 5.98. The molecule has 0 N–H and O–H groups in total. The number of thiophene rings is 1. The van der Waals surface area contributed by atoms with Crippen molar-refractivity contribution in [3.05, 3.63) is 146 Å². The van der Waals surface area contributed by atoms with Gasteiger partial charge in [-0.3, -0.25) is 4.98 Å². The number of fused-ring (bicyclic) bond motifs is 7. The molecule has 0 atom stereocenters. The van der Waals surface area contributed by atoms with Crippen molar-refractivity contribution < 1.29 is 4.42 Å². The quantitative estimate of drug-likeness (QED) is 0.193. The van der Waals surface area contributed by atoms with Gasteiger partial charge >= 0.3 is 0 Å². The lowest BCUT2D eigenvalue weighted by Crippen LogP contribution is -2.01. The van der Waals surface area contributed by atoms with E-state index in [1.54, 1.807) is 11.3 Å². The van der Waals surface area contributed by atoms with Crippen LogP contribution in [0.1, 0.15) is 0 Å². The van der Waals surface area contributed by atoms with E-state index in [1.165, 1.54) is 20.2 Å². The summed E-state index contributed by atoms with van der Waals surface area (Å²) >= 11 is 1.80. The molecule has 6 heteroatoms. The van der Waals surface area contributed by atoms with E-state index in [0.29, 0.717) is 23.2 Å². The molecule has 4 aromatic heterocycles. The number of aromatic nitrogens is 4. The molecule has 0 aliphatic rings. The monoisotopic (exact) mass is 632 g/mol. The van der Waals surface area contributed by atoms with Gasteiger partial charge in [0.05, 0.1) is 5.39 Å². The van der Waals surface area contributed by atoms with Crippen LogP contribution < -0.4 is 0 Å². The molecule has 10 rings (SSSR count). The number of rotatable bonds is 4. The second-order valence-corrected chi connectivity index (χ2v) is 12.9. The van der Waals surface area contributed by atoms with E-state index in [0.717, 1.165) is 55.0 Å². The summed E-state index contributed by atoms with van der Waals surface area (Å²) < 4.78 is 9.31. The largest absolute Gasteiger partial charge is 0.455 e. The molecule has 0 amide bonds. The van der Waals surface area contributed by atoms with Crippen molar-refractivity contribution in [2.75, 3.05) is 0 Å². The Morgan fingerprint density at radius 3 is 1.88 bits per heavy atom. The molecule has 48 heavy (non-hydrogen) atoms. The van der Waals surface area contributed by atoms with Crippen LogP contribution in [0.15, 0.2) is 150 Å². The molecule has 0 fully saturated rings. The lowest BCUT2D eigenvalue weighted by atomic mass is 10.00. The van der Waals surface area contributed by atoms with Gasteiger partial charge in [-0.2, -0.15) is 0 Å². The summed E-state index contributed by atoms with van der Waals surface area (Å²) in [6, 6.07) is 47.8. The van der Waals surface area contributed by atoms with Gasteiger partial charge in [0.15, 0.2) is 17.5 Å². The Morgan fingerprint density at radius 2 is 1.12 bits per heavy atom. The average molecular weight is 633 g/mol. The number of pyridine rings is 1. The second kappa shape index (κ2) is 10.7. The first-order chi connectivity index (χ1) is 23.8. The summed E-state index contributed by atoms with van der Waals surface area (Å²) in [5.41, 5.74) is 6.06. The molecule has 0 saturated heterocycles. The van der Waals surface area contributed by atoms with Crippen molar-refractivity contribution in [3.8, 4) is 45.4 Å². The molecule has 0 bridgehead atoms. The Labute approximate surface area is 278 Å². The van der Waals surface area contributed by atoms with Crippen molar-refractivity contribution in [1.29, 1.82) is 0 Å². The van der Waals surface area contributed by atoms with Crippen LogP contribution in [0.5, 0.6) is 0 Å². The van der Waals surface area contributed by atoms with Crippen LogP contribution >= 0.6 is 11.3 Å². The zero-order valence-electron chi connectivity index (χ0n) is 25.5. The van der Waals surface area contributed by atoms with E-state index in [1.807, 2.05) is 66.9 Å². The highest BCUT2D eigenvalue weighted by atomic mass is 32.1. The smallest absolute Gasteiger partial charge is 0.183 e. The molecule has 224 valence electrons. The Hall–Kier alpha value is -6.24. The van der Waals surface area contributed by atoms with E-state index in [9.17, 15) is 0 Å². The maximum Gasteiger partial charge on any atom is 0.183 e. The minimum absolute atomic E-state index is 0.496. The molecule has 0 aliphatic heterocycles. The zero-order chi connectivity index (χ0) is 31.6. The first-order valence-corrected chi connectivity index (χ1v) is 16.6. The van der Waals surface area contributed by atoms with Gasteiger partial charge in [-0.25, -0.2) is 15.0 Å². The van der Waals surface area contributed by atoms with Gasteiger partial charge in [0, 0.05) is 54.0 Å². The fourth-order valence-electron chi connectivity index (χ4n) is 6.69. The van der Waals surface area contributed by atoms with Crippen molar-refractivity contribution in [3.63, 3.8) is 0 Å². The van der Waals surface area contributed by atoms with Gasteiger partial charge in [-0.15, -0.1) is 11.3 Å². The first kappa shape index (κ1) is 26.9. The third-order valence-corrected chi connectivity index (χ3v) is 10.2. The maximum atomic E-state index is 6.85. The lowest BCUT2D eigenvalue weighted by molar-refractivity contribution is 0.670. The maximum absolute atomic E-state index is 6.85. The van der Waals surface area contributed by atoms with Crippen LogP contribution in [0.2, 0.25) is 0 Å². The Morgan fingerprint density at radius 1 is 0.500 bits per heavy atom. The third-order valence-electron chi connectivity index (χ3n) is 8.97. The summed E-state index contributed by atoms with van der Waals surface area (Å²) in [6.45, 7) is 0. The Balaban J connectivity index is 1.30. The molecule has 4 heterocycles. The summed E-state index contributed by atoms with van der Waals surface area (Å²) in [7, 11) is 0. The van der Waals surface area contributed by atoms with Gasteiger partial charge < -0.3 is 4.42 Å². The van der Waals surface area contributed by atoms with E-state index < -0.39 is 0 Å². The highest BCUT2D eigenvalue weighted by Crippen LogP contribution is 2.45. The van der Waals surface area contributed by atoms with Gasteiger partial charge in [0.1, 0.15) is 16.9 Å². The average Bonchev–Trinajstić information content (AvgIpc) is 3.73. The summed E-state index contributed by atoms with van der Waals surface area (Å²) in [6.07, 6.45) is 1.92. The van der Waals surface area contributed by atoms with Crippen molar-refractivity contribution in [1.82, 2.24) is 19.9 Å². The number of furan rings is 1. The molecule has 0 spiro atoms. The molecular formula is C42H24N4OS. The van der Waals surface area contributed by atoms with E-state index in [-0.39, 0.29) is 0 Å². The molecule has 5 nitrogen and oxygen atoms in total. The summed E-state index contributed by atoms with van der Waals surface area (Å²) in [4.78, 5) is 20.2. The van der Waals surface area contributed by atoms with Crippen LogP contribution in [0, 0.1) is 0 Å². The molecule has 0 unspecified atom stereocenters. The number of benzene rings is 6. The van der Waals surface area contributed by atoms with Gasteiger partial charge in [0.25, 0.3) is 0 Å². The lowest BCUT2D eigenvalue weighted by Gasteiger charge is -2.10. The highest BCUT2D eigenvalue weighted by Gasteiger charge is 2.23. The van der Waals surface area contributed by atoms with E-state index in [4.69, 9.17) is 24.4 Å². The SMILES string of the molecule is c1ccc(-c2nc(-c3ccccc3)nc(-c3ncc(-c4cccc5c4sc4ccccc45)c4oc5cc6ccccc6cc5c34)n2)cc1. The summed E-state index contributed by atoms with van der Waals surface area (Å²) in [5, 5.41) is 6.58.